The Hall–Kier alpha value is -2.41. The molecule has 0 spiro atoms. The first-order valence-corrected chi connectivity index (χ1v) is 9.22. The van der Waals surface area contributed by atoms with E-state index in [-0.39, 0.29) is 17.9 Å². The van der Waals surface area contributed by atoms with Crippen molar-refractivity contribution in [3.8, 4) is 0 Å². The summed E-state index contributed by atoms with van der Waals surface area (Å²) in [7, 11) is 0. The van der Waals surface area contributed by atoms with Gasteiger partial charge in [-0.25, -0.2) is 9.97 Å². The zero-order valence-corrected chi connectivity index (χ0v) is 15.0. The lowest BCUT2D eigenvalue weighted by Crippen LogP contribution is -2.38. The molecule has 2 atom stereocenters. The van der Waals surface area contributed by atoms with Gasteiger partial charge in [-0.05, 0) is 43.9 Å². The molecule has 3 heterocycles. The maximum atomic E-state index is 12.6. The number of nitrogens with zero attached hydrogens (tertiary/aromatic N) is 3. The highest BCUT2D eigenvalue weighted by Crippen LogP contribution is 2.26. The lowest BCUT2D eigenvalue weighted by atomic mass is 9.86. The summed E-state index contributed by atoms with van der Waals surface area (Å²) < 4.78 is 10.7. The minimum Gasteiger partial charge on any atom is -0.467 e. The highest BCUT2D eigenvalue weighted by Gasteiger charge is 2.28. The van der Waals surface area contributed by atoms with E-state index in [2.05, 4.69) is 15.2 Å². The Morgan fingerprint density at radius 2 is 2.23 bits per heavy atom. The van der Waals surface area contributed by atoms with E-state index in [0.29, 0.717) is 6.42 Å². The standard InChI is InChI=1S/C19H24N4O3/c1-13(17-3-2-8-26-17)21-18(24)14-4-5-16-15(11-14)12-20-19(22-16)23-6-9-25-10-7-23/h2-3,8,12-14H,4-7,9-11H2,1H3,(H,21,24)/t13-,14-/m0/s1. The van der Waals surface area contributed by atoms with Gasteiger partial charge in [0.25, 0.3) is 0 Å². The normalized spacial score (nSPS) is 21.1. The number of morpholine rings is 1. The van der Waals surface area contributed by atoms with Crippen molar-refractivity contribution in [2.24, 2.45) is 5.92 Å². The molecule has 1 amide bonds. The summed E-state index contributed by atoms with van der Waals surface area (Å²) in [6, 6.07) is 3.58. The highest BCUT2D eigenvalue weighted by molar-refractivity contribution is 5.79. The maximum absolute atomic E-state index is 12.6. The molecule has 1 aliphatic heterocycles. The van der Waals surface area contributed by atoms with Crippen LogP contribution in [-0.4, -0.2) is 42.2 Å². The van der Waals surface area contributed by atoms with Crippen molar-refractivity contribution in [2.75, 3.05) is 31.2 Å². The second-order valence-corrected chi connectivity index (χ2v) is 6.93. The molecule has 4 rings (SSSR count). The molecule has 2 aromatic rings. The Bertz CT molecular complexity index is 756. The second-order valence-electron chi connectivity index (χ2n) is 6.93. The zero-order chi connectivity index (χ0) is 17.9. The van der Waals surface area contributed by atoms with Crippen molar-refractivity contribution in [2.45, 2.75) is 32.2 Å². The van der Waals surface area contributed by atoms with Crippen molar-refractivity contribution in [1.82, 2.24) is 15.3 Å². The monoisotopic (exact) mass is 356 g/mol. The van der Waals surface area contributed by atoms with Crippen molar-refractivity contribution >= 4 is 11.9 Å². The number of carbonyl (C=O) groups excluding carboxylic acids is 1. The maximum Gasteiger partial charge on any atom is 0.225 e. The predicted molar refractivity (Wildman–Crippen MR) is 95.8 cm³/mol. The lowest BCUT2D eigenvalue weighted by molar-refractivity contribution is -0.126. The molecule has 0 radical (unpaired) electrons. The third kappa shape index (κ3) is 3.58. The van der Waals surface area contributed by atoms with Gasteiger partial charge in [-0.15, -0.1) is 0 Å². The van der Waals surface area contributed by atoms with Crippen LogP contribution in [0.2, 0.25) is 0 Å². The first-order chi connectivity index (χ1) is 12.7. The molecular formula is C19H24N4O3. The summed E-state index contributed by atoms with van der Waals surface area (Å²) in [5.74, 6) is 1.57. The lowest BCUT2D eigenvalue weighted by Gasteiger charge is -2.29. The van der Waals surface area contributed by atoms with Crippen molar-refractivity contribution in [1.29, 1.82) is 0 Å². The van der Waals surface area contributed by atoms with Crippen LogP contribution < -0.4 is 10.2 Å². The van der Waals surface area contributed by atoms with Gasteiger partial charge < -0.3 is 19.4 Å². The van der Waals surface area contributed by atoms with Crippen molar-refractivity contribution in [3.63, 3.8) is 0 Å². The summed E-state index contributed by atoms with van der Waals surface area (Å²) in [5.41, 5.74) is 2.16. The summed E-state index contributed by atoms with van der Waals surface area (Å²) in [5, 5.41) is 3.05. The number of amides is 1. The van der Waals surface area contributed by atoms with E-state index in [1.54, 1.807) is 6.26 Å². The Kier molecular flexibility index (Phi) is 4.88. The molecule has 7 nitrogen and oxygen atoms in total. The summed E-state index contributed by atoms with van der Waals surface area (Å²) in [6.45, 7) is 5.03. The first kappa shape index (κ1) is 17.0. The molecule has 0 aromatic carbocycles. The van der Waals surface area contributed by atoms with E-state index in [1.807, 2.05) is 25.3 Å². The number of hydrogen-bond acceptors (Lipinski definition) is 6. The number of aryl methyl sites for hydroxylation is 1. The molecule has 1 fully saturated rings. The fourth-order valence-corrected chi connectivity index (χ4v) is 3.58. The Balaban J connectivity index is 1.40. The van der Waals surface area contributed by atoms with Gasteiger partial charge in [-0.2, -0.15) is 0 Å². The Morgan fingerprint density at radius 1 is 1.38 bits per heavy atom. The topological polar surface area (TPSA) is 80.5 Å². The molecule has 0 saturated carbocycles. The molecule has 2 aliphatic rings. The zero-order valence-electron chi connectivity index (χ0n) is 15.0. The van der Waals surface area contributed by atoms with Gasteiger partial charge in [0.15, 0.2) is 0 Å². The number of carbonyl (C=O) groups is 1. The fourth-order valence-electron chi connectivity index (χ4n) is 3.58. The fraction of sp³-hybridized carbons (Fsp3) is 0.526. The van der Waals surface area contributed by atoms with E-state index in [9.17, 15) is 4.79 Å². The number of aromatic nitrogens is 2. The number of anilines is 1. The summed E-state index contributed by atoms with van der Waals surface area (Å²) in [4.78, 5) is 24.0. The molecule has 0 unspecified atom stereocenters. The molecule has 2 aromatic heterocycles. The average molecular weight is 356 g/mol. The van der Waals surface area contributed by atoms with Crippen LogP contribution in [-0.2, 0) is 22.4 Å². The number of furan rings is 1. The average Bonchev–Trinajstić information content (AvgIpc) is 3.23. The number of fused-ring (bicyclic) bond motifs is 1. The minimum absolute atomic E-state index is 0.0438. The van der Waals surface area contributed by atoms with Crippen LogP contribution in [0.3, 0.4) is 0 Å². The number of ether oxygens (including phenoxy) is 1. The quantitative estimate of drug-likeness (QED) is 0.901. The molecule has 1 N–H and O–H groups in total. The van der Waals surface area contributed by atoms with E-state index in [1.165, 1.54) is 0 Å². The van der Waals surface area contributed by atoms with Crippen LogP contribution in [0.25, 0.3) is 0 Å². The summed E-state index contributed by atoms with van der Waals surface area (Å²) in [6.07, 6.45) is 5.82. The van der Waals surface area contributed by atoms with Gasteiger partial charge in [0.1, 0.15) is 5.76 Å². The summed E-state index contributed by atoms with van der Waals surface area (Å²) >= 11 is 0. The van der Waals surface area contributed by atoms with E-state index >= 15 is 0 Å². The van der Waals surface area contributed by atoms with Crippen molar-refractivity contribution in [3.05, 3.63) is 41.6 Å². The third-order valence-electron chi connectivity index (χ3n) is 5.13. The van der Waals surface area contributed by atoms with Gasteiger partial charge in [0, 0.05) is 30.9 Å². The van der Waals surface area contributed by atoms with Crippen LogP contribution >= 0.6 is 0 Å². The molecule has 7 heteroatoms. The molecule has 26 heavy (non-hydrogen) atoms. The van der Waals surface area contributed by atoms with Crippen molar-refractivity contribution < 1.29 is 13.9 Å². The molecule has 0 bridgehead atoms. The first-order valence-electron chi connectivity index (χ1n) is 9.22. The predicted octanol–water partition coefficient (Wildman–Crippen LogP) is 1.89. The number of rotatable bonds is 4. The number of nitrogens with one attached hydrogen (secondary N) is 1. The van der Waals surface area contributed by atoms with Crippen LogP contribution in [0.1, 0.15) is 36.4 Å². The van der Waals surface area contributed by atoms with Gasteiger partial charge in [-0.3, -0.25) is 4.79 Å². The van der Waals surface area contributed by atoms with E-state index < -0.39 is 0 Å². The molecular weight excluding hydrogens is 332 g/mol. The van der Waals surface area contributed by atoms with Gasteiger partial charge >= 0.3 is 0 Å². The third-order valence-corrected chi connectivity index (χ3v) is 5.13. The smallest absolute Gasteiger partial charge is 0.225 e. The SMILES string of the molecule is C[C@H](NC(=O)[C@H]1CCc2nc(N3CCOCC3)ncc2C1)c1ccco1. The molecule has 138 valence electrons. The minimum atomic E-state index is -0.126. The van der Waals surface area contributed by atoms with E-state index in [4.69, 9.17) is 14.1 Å². The largest absolute Gasteiger partial charge is 0.467 e. The highest BCUT2D eigenvalue weighted by atomic mass is 16.5. The van der Waals surface area contributed by atoms with Gasteiger partial charge in [-0.1, -0.05) is 0 Å². The van der Waals surface area contributed by atoms with Gasteiger partial charge in [0.05, 0.1) is 25.5 Å². The van der Waals surface area contributed by atoms with Crippen LogP contribution in [0.5, 0.6) is 0 Å². The van der Waals surface area contributed by atoms with E-state index in [0.717, 1.165) is 62.1 Å². The van der Waals surface area contributed by atoms with Crippen LogP contribution in [0.15, 0.2) is 29.0 Å². The van der Waals surface area contributed by atoms with Crippen LogP contribution in [0.4, 0.5) is 5.95 Å². The Morgan fingerprint density at radius 3 is 3.00 bits per heavy atom. The molecule has 1 saturated heterocycles. The Labute approximate surface area is 152 Å². The number of hydrogen-bond donors (Lipinski definition) is 1. The van der Waals surface area contributed by atoms with Crippen LogP contribution in [0, 0.1) is 5.92 Å². The molecule has 1 aliphatic carbocycles. The second kappa shape index (κ2) is 7.45. The van der Waals surface area contributed by atoms with Gasteiger partial charge in [0.2, 0.25) is 11.9 Å².